The fourth-order valence-electron chi connectivity index (χ4n) is 4.56. The lowest BCUT2D eigenvalue weighted by Gasteiger charge is -2.42. The topological polar surface area (TPSA) is 66.9 Å². The third kappa shape index (κ3) is 5.84. The lowest BCUT2D eigenvalue weighted by molar-refractivity contribution is -0.131. The predicted molar refractivity (Wildman–Crippen MR) is 130 cm³/mol. The van der Waals surface area contributed by atoms with Crippen molar-refractivity contribution in [2.75, 3.05) is 30.3 Å². The summed E-state index contributed by atoms with van der Waals surface area (Å²) in [6, 6.07) is 8.61. The van der Waals surface area contributed by atoms with E-state index in [1.165, 1.54) is 0 Å². The molecule has 2 fully saturated rings. The Labute approximate surface area is 194 Å². The predicted octanol–water partition coefficient (Wildman–Crippen LogP) is 3.68. The number of morpholine rings is 1. The van der Waals surface area contributed by atoms with Crippen LogP contribution in [0.15, 0.2) is 24.3 Å². The quantitative estimate of drug-likeness (QED) is 0.665. The third-order valence-corrected chi connectivity index (χ3v) is 9.83. The maximum atomic E-state index is 12.8. The summed E-state index contributed by atoms with van der Waals surface area (Å²) in [7, 11) is -3.12. The van der Waals surface area contributed by atoms with Crippen molar-refractivity contribution in [1.82, 2.24) is 4.90 Å². The first-order valence-electron chi connectivity index (χ1n) is 11.9. The van der Waals surface area contributed by atoms with Crippen LogP contribution < -0.4 is 4.90 Å². The second-order valence-electron chi connectivity index (χ2n) is 10.6. The van der Waals surface area contributed by atoms with E-state index in [-0.39, 0.29) is 29.8 Å². The van der Waals surface area contributed by atoms with Crippen molar-refractivity contribution in [2.24, 2.45) is 5.92 Å². The summed E-state index contributed by atoms with van der Waals surface area (Å²) in [5, 5.41) is 0. The van der Waals surface area contributed by atoms with E-state index in [9.17, 15) is 13.2 Å². The van der Waals surface area contributed by atoms with Crippen molar-refractivity contribution < 1.29 is 17.9 Å². The number of rotatable bonds is 5. The zero-order valence-electron chi connectivity index (χ0n) is 20.5. The molecule has 1 unspecified atom stereocenters. The van der Waals surface area contributed by atoms with Crippen LogP contribution in [-0.2, 0) is 25.8 Å². The maximum Gasteiger partial charge on any atom is 0.226 e. The van der Waals surface area contributed by atoms with Crippen LogP contribution in [0, 0.1) is 5.92 Å². The molecule has 0 aromatic heterocycles. The summed E-state index contributed by atoms with van der Waals surface area (Å²) in [5.41, 5.74) is 2.18. The Kier molecular flexibility index (Phi) is 7.60. The normalized spacial score (nSPS) is 25.8. The van der Waals surface area contributed by atoms with E-state index in [2.05, 4.69) is 37.8 Å². The van der Waals surface area contributed by atoms with Crippen LogP contribution in [0.25, 0.3) is 0 Å². The lowest BCUT2D eigenvalue weighted by atomic mass is 9.98. The van der Waals surface area contributed by atoms with Gasteiger partial charge in [-0.3, -0.25) is 4.79 Å². The zero-order valence-corrected chi connectivity index (χ0v) is 21.3. The summed E-state index contributed by atoms with van der Waals surface area (Å²) in [4.78, 5) is 17.1. The minimum Gasteiger partial charge on any atom is -0.372 e. The monoisotopic (exact) mass is 464 g/mol. The number of carbonyl (C=O) groups excluding carboxylic acids is 1. The first-order valence-corrected chi connectivity index (χ1v) is 13.5. The third-order valence-electron chi connectivity index (χ3n) is 7.05. The molecule has 0 aliphatic carbocycles. The molecule has 2 aliphatic rings. The van der Waals surface area contributed by atoms with E-state index in [4.69, 9.17) is 4.74 Å². The molecule has 0 bridgehead atoms. The largest absolute Gasteiger partial charge is 0.372 e. The summed E-state index contributed by atoms with van der Waals surface area (Å²) in [6.45, 7) is 13.8. The van der Waals surface area contributed by atoms with Crippen LogP contribution in [-0.4, -0.2) is 67.6 Å². The van der Waals surface area contributed by atoms with E-state index in [0.29, 0.717) is 25.6 Å². The van der Waals surface area contributed by atoms with Gasteiger partial charge in [0.15, 0.2) is 9.84 Å². The molecule has 1 aromatic carbocycles. The van der Waals surface area contributed by atoms with E-state index in [1.807, 2.05) is 17.0 Å². The Morgan fingerprint density at radius 2 is 1.66 bits per heavy atom. The molecule has 2 saturated heterocycles. The van der Waals surface area contributed by atoms with Crippen LogP contribution in [0.1, 0.15) is 59.9 Å². The van der Waals surface area contributed by atoms with Crippen LogP contribution in [0.3, 0.4) is 0 Å². The molecule has 0 saturated carbocycles. The first-order chi connectivity index (χ1) is 14.9. The minimum absolute atomic E-state index is 0.122. The number of amides is 1. The zero-order chi connectivity index (χ0) is 23.7. The fourth-order valence-corrected chi connectivity index (χ4v) is 6.02. The molecule has 3 rings (SSSR count). The molecule has 0 radical (unpaired) electrons. The number of likely N-dealkylation sites (tertiary alicyclic amines) is 1. The highest BCUT2D eigenvalue weighted by Crippen LogP contribution is 2.27. The van der Waals surface area contributed by atoms with Gasteiger partial charge in [0, 0.05) is 25.3 Å². The molecule has 1 aromatic rings. The van der Waals surface area contributed by atoms with Gasteiger partial charge in [0.05, 0.1) is 35.2 Å². The molecule has 6 nitrogen and oxygen atoms in total. The average Bonchev–Trinajstić information content (AvgIpc) is 2.70. The van der Waals surface area contributed by atoms with Crippen LogP contribution in [0.5, 0.6) is 0 Å². The highest BCUT2D eigenvalue weighted by molar-refractivity contribution is 7.92. The highest BCUT2D eigenvalue weighted by Gasteiger charge is 2.34. The number of nitrogens with zero attached hydrogens (tertiary/aromatic N) is 2. The maximum absolute atomic E-state index is 12.8. The van der Waals surface area contributed by atoms with E-state index >= 15 is 0 Å². The van der Waals surface area contributed by atoms with Gasteiger partial charge in [0.1, 0.15) is 0 Å². The van der Waals surface area contributed by atoms with Gasteiger partial charge < -0.3 is 14.5 Å². The Morgan fingerprint density at radius 1 is 1.06 bits per heavy atom. The molecule has 2 heterocycles. The molecule has 7 heteroatoms. The smallest absolute Gasteiger partial charge is 0.226 e. The second-order valence-corrected chi connectivity index (χ2v) is 13.4. The molecule has 1 amide bonds. The first kappa shape index (κ1) is 25.0. The number of hydrogen-bond acceptors (Lipinski definition) is 5. The summed E-state index contributed by atoms with van der Waals surface area (Å²) in [5.74, 6) is 0.483. The standard InChI is InChI=1S/C25H40N2O4S/c1-18-16-27(19(2)20(3)31-18)23-9-7-21(8-10-23)15-24(28)26-13-11-22(12-14-26)17-32(29,30)25(4,5)6/h7-10,18-20,22H,11-17H2,1-6H3/t18-,19?,20+/m0/s1. The highest BCUT2D eigenvalue weighted by atomic mass is 32.2. The Balaban J connectivity index is 1.52. The number of anilines is 1. The summed E-state index contributed by atoms with van der Waals surface area (Å²) < 4.78 is 30.2. The van der Waals surface area contributed by atoms with Gasteiger partial charge in [-0.2, -0.15) is 0 Å². The number of hydrogen-bond donors (Lipinski definition) is 0. The number of ether oxygens (including phenoxy) is 1. The van der Waals surface area contributed by atoms with Gasteiger partial charge in [-0.25, -0.2) is 8.42 Å². The molecule has 0 spiro atoms. The summed E-state index contributed by atoms with van der Waals surface area (Å²) >= 11 is 0. The van der Waals surface area contributed by atoms with Gasteiger partial charge in [-0.1, -0.05) is 12.1 Å². The van der Waals surface area contributed by atoms with E-state index in [0.717, 1.165) is 30.6 Å². The van der Waals surface area contributed by atoms with Gasteiger partial charge in [0.25, 0.3) is 0 Å². The lowest BCUT2D eigenvalue weighted by Crippen LogP contribution is -2.52. The van der Waals surface area contributed by atoms with Crippen molar-refractivity contribution in [2.45, 2.75) is 83.8 Å². The Morgan fingerprint density at radius 3 is 2.22 bits per heavy atom. The van der Waals surface area contributed by atoms with Gasteiger partial charge in [0.2, 0.25) is 5.91 Å². The molecule has 0 N–H and O–H groups in total. The van der Waals surface area contributed by atoms with Gasteiger partial charge in [-0.15, -0.1) is 0 Å². The van der Waals surface area contributed by atoms with Crippen molar-refractivity contribution >= 4 is 21.4 Å². The molecule has 32 heavy (non-hydrogen) atoms. The summed E-state index contributed by atoms with van der Waals surface area (Å²) in [6.07, 6.45) is 2.28. The second kappa shape index (κ2) is 9.72. The van der Waals surface area contributed by atoms with Crippen LogP contribution in [0.4, 0.5) is 5.69 Å². The van der Waals surface area contributed by atoms with Crippen LogP contribution >= 0.6 is 0 Å². The fraction of sp³-hybridized carbons (Fsp3) is 0.720. The Bertz CT molecular complexity index is 884. The SMILES string of the molecule is CC1[C@@H](C)O[C@@H](C)CN1c1ccc(CC(=O)N2CCC(CS(=O)(=O)C(C)(C)C)CC2)cc1. The van der Waals surface area contributed by atoms with Crippen molar-refractivity contribution in [3.63, 3.8) is 0 Å². The number of benzene rings is 1. The number of sulfone groups is 1. The van der Waals surface area contributed by atoms with Crippen molar-refractivity contribution in [1.29, 1.82) is 0 Å². The molecular weight excluding hydrogens is 424 g/mol. The molecule has 180 valence electrons. The molecule has 2 aliphatic heterocycles. The number of piperidine rings is 1. The van der Waals surface area contributed by atoms with Gasteiger partial charge >= 0.3 is 0 Å². The van der Waals surface area contributed by atoms with Crippen molar-refractivity contribution in [3.05, 3.63) is 29.8 Å². The van der Waals surface area contributed by atoms with Crippen LogP contribution in [0.2, 0.25) is 0 Å². The average molecular weight is 465 g/mol. The van der Waals surface area contributed by atoms with Crippen molar-refractivity contribution in [3.8, 4) is 0 Å². The van der Waals surface area contributed by atoms with Gasteiger partial charge in [-0.05, 0) is 78.0 Å². The molecule has 3 atom stereocenters. The minimum atomic E-state index is -3.12. The van der Waals surface area contributed by atoms with E-state index in [1.54, 1.807) is 20.8 Å². The molecular formula is C25H40N2O4S. The Hall–Kier alpha value is -1.60. The van der Waals surface area contributed by atoms with E-state index < -0.39 is 14.6 Å². The number of carbonyl (C=O) groups is 1.